The van der Waals surface area contributed by atoms with Gasteiger partial charge in [0.25, 0.3) is 5.91 Å². The molecule has 3 amide bonds. The smallest absolute Gasteiger partial charge is 0.325 e. The van der Waals surface area contributed by atoms with E-state index >= 15 is 0 Å². The number of carbonyl (C=O) groups is 2. The Bertz CT molecular complexity index is 1010. The molecule has 4 N–H and O–H groups in total. The summed E-state index contributed by atoms with van der Waals surface area (Å²) in [5.74, 6) is -0.384. The third kappa shape index (κ3) is 3.27. The maximum atomic E-state index is 12.6. The van der Waals surface area contributed by atoms with E-state index in [0.29, 0.717) is 13.1 Å². The number of rotatable bonds is 6. The van der Waals surface area contributed by atoms with Crippen molar-refractivity contribution in [3.63, 3.8) is 0 Å². The number of imide groups is 1. The zero-order valence-corrected chi connectivity index (χ0v) is 15.8. The molecule has 0 saturated carbocycles. The SMILES string of the molecule is CC(c1ccc2[nH]cc(CCN)c2c1)C1C(=O)NC(=O)N1Cc1ccccc1. The normalized spacial score (nSPS) is 17.9. The Kier molecular flexibility index (Phi) is 4.88. The lowest BCUT2D eigenvalue weighted by Crippen LogP contribution is -2.38. The van der Waals surface area contributed by atoms with E-state index in [-0.39, 0.29) is 17.9 Å². The van der Waals surface area contributed by atoms with Gasteiger partial charge in [-0.3, -0.25) is 10.1 Å². The zero-order chi connectivity index (χ0) is 19.7. The minimum absolute atomic E-state index is 0.139. The molecule has 0 bridgehead atoms. The van der Waals surface area contributed by atoms with E-state index in [4.69, 9.17) is 5.73 Å². The van der Waals surface area contributed by atoms with Gasteiger partial charge in [0.05, 0.1) is 0 Å². The van der Waals surface area contributed by atoms with Crippen molar-refractivity contribution in [3.8, 4) is 0 Å². The second-order valence-electron chi connectivity index (χ2n) is 7.30. The lowest BCUT2D eigenvalue weighted by molar-refractivity contribution is -0.122. The number of amides is 3. The fraction of sp³-hybridized carbons (Fsp3) is 0.273. The van der Waals surface area contributed by atoms with Gasteiger partial charge >= 0.3 is 6.03 Å². The molecule has 28 heavy (non-hydrogen) atoms. The van der Waals surface area contributed by atoms with Crippen molar-refractivity contribution < 1.29 is 9.59 Å². The van der Waals surface area contributed by atoms with Crippen LogP contribution in [0, 0.1) is 0 Å². The second-order valence-corrected chi connectivity index (χ2v) is 7.30. The fourth-order valence-corrected chi connectivity index (χ4v) is 3.99. The van der Waals surface area contributed by atoms with E-state index in [1.807, 2.05) is 55.6 Å². The maximum Gasteiger partial charge on any atom is 0.325 e. The van der Waals surface area contributed by atoms with Crippen LogP contribution in [0.4, 0.5) is 4.79 Å². The van der Waals surface area contributed by atoms with Crippen LogP contribution < -0.4 is 11.1 Å². The molecule has 2 atom stereocenters. The van der Waals surface area contributed by atoms with Crippen LogP contribution in [0.5, 0.6) is 0 Å². The van der Waals surface area contributed by atoms with Gasteiger partial charge in [0.2, 0.25) is 0 Å². The van der Waals surface area contributed by atoms with Crippen LogP contribution in [-0.2, 0) is 17.8 Å². The number of carbonyl (C=O) groups excluding carboxylic acids is 2. The lowest BCUT2D eigenvalue weighted by atomic mass is 9.91. The highest BCUT2D eigenvalue weighted by molar-refractivity contribution is 6.04. The average molecular weight is 376 g/mol. The molecule has 1 aromatic heterocycles. The standard InChI is InChI=1S/C22H24N4O2/c1-14(16-7-8-19-18(11-16)17(9-10-23)12-24-19)20-21(27)25-22(28)26(20)13-15-5-3-2-4-6-15/h2-8,11-12,14,20,24H,9-10,13,23H2,1H3,(H,25,27,28). The molecule has 2 aromatic carbocycles. The number of nitrogens with two attached hydrogens (primary N) is 1. The fourth-order valence-electron chi connectivity index (χ4n) is 3.99. The molecule has 6 heteroatoms. The summed E-state index contributed by atoms with van der Waals surface area (Å²) in [7, 11) is 0. The molecular weight excluding hydrogens is 352 g/mol. The molecule has 2 unspecified atom stereocenters. The van der Waals surface area contributed by atoms with Crippen LogP contribution in [-0.4, -0.2) is 34.4 Å². The van der Waals surface area contributed by atoms with E-state index < -0.39 is 6.04 Å². The van der Waals surface area contributed by atoms with Gasteiger partial charge in [-0.15, -0.1) is 0 Å². The molecule has 1 saturated heterocycles. The van der Waals surface area contributed by atoms with Gasteiger partial charge in [-0.2, -0.15) is 0 Å². The molecule has 0 aliphatic carbocycles. The highest BCUT2D eigenvalue weighted by Crippen LogP contribution is 2.31. The summed E-state index contributed by atoms with van der Waals surface area (Å²) < 4.78 is 0. The topological polar surface area (TPSA) is 91.2 Å². The van der Waals surface area contributed by atoms with E-state index in [1.54, 1.807) is 4.90 Å². The molecular formula is C22H24N4O2. The van der Waals surface area contributed by atoms with Gasteiger partial charge in [0, 0.05) is 29.6 Å². The van der Waals surface area contributed by atoms with Crippen molar-refractivity contribution in [3.05, 3.63) is 71.4 Å². The van der Waals surface area contributed by atoms with Crippen molar-refractivity contribution in [2.45, 2.75) is 31.8 Å². The minimum Gasteiger partial charge on any atom is -0.361 e. The Morgan fingerprint density at radius 1 is 1.14 bits per heavy atom. The first-order valence-corrected chi connectivity index (χ1v) is 9.54. The van der Waals surface area contributed by atoms with Crippen molar-refractivity contribution in [2.75, 3.05) is 6.54 Å². The number of hydrogen-bond acceptors (Lipinski definition) is 3. The summed E-state index contributed by atoms with van der Waals surface area (Å²) in [5.41, 5.74) is 9.96. The highest BCUT2D eigenvalue weighted by atomic mass is 16.2. The number of H-pyrrole nitrogens is 1. The Labute approximate surface area is 163 Å². The largest absolute Gasteiger partial charge is 0.361 e. The summed E-state index contributed by atoms with van der Waals surface area (Å²) in [4.78, 5) is 29.9. The molecule has 6 nitrogen and oxygen atoms in total. The van der Waals surface area contributed by atoms with Gasteiger partial charge in [-0.25, -0.2) is 4.79 Å². The Hall–Kier alpha value is -3.12. The molecule has 0 radical (unpaired) electrons. The second kappa shape index (κ2) is 7.48. The summed E-state index contributed by atoms with van der Waals surface area (Å²) in [5, 5.41) is 3.60. The number of urea groups is 1. The van der Waals surface area contributed by atoms with Crippen molar-refractivity contribution >= 4 is 22.8 Å². The average Bonchev–Trinajstić information content (AvgIpc) is 3.22. The summed E-state index contributed by atoms with van der Waals surface area (Å²) in [6.45, 7) is 2.98. The van der Waals surface area contributed by atoms with E-state index in [2.05, 4.69) is 16.4 Å². The maximum absolute atomic E-state index is 12.6. The van der Waals surface area contributed by atoms with Crippen LogP contribution in [0.25, 0.3) is 10.9 Å². The molecule has 0 spiro atoms. The molecule has 144 valence electrons. The number of nitrogens with zero attached hydrogens (tertiary/aromatic N) is 1. The zero-order valence-electron chi connectivity index (χ0n) is 15.8. The summed E-state index contributed by atoms with van der Waals surface area (Å²) >= 11 is 0. The monoisotopic (exact) mass is 376 g/mol. The number of nitrogens with one attached hydrogen (secondary N) is 2. The molecule has 1 fully saturated rings. The Morgan fingerprint density at radius 2 is 1.93 bits per heavy atom. The summed E-state index contributed by atoms with van der Waals surface area (Å²) in [6, 6.07) is 15.0. The number of aromatic amines is 1. The van der Waals surface area contributed by atoms with E-state index in [0.717, 1.165) is 28.5 Å². The van der Waals surface area contributed by atoms with Crippen LogP contribution in [0.3, 0.4) is 0 Å². The predicted molar refractivity (Wildman–Crippen MR) is 109 cm³/mol. The number of aromatic nitrogens is 1. The first-order chi connectivity index (χ1) is 13.6. The van der Waals surface area contributed by atoms with Crippen LogP contribution >= 0.6 is 0 Å². The van der Waals surface area contributed by atoms with E-state index in [1.165, 1.54) is 5.56 Å². The third-order valence-corrected chi connectivity index (χ3v) is 5.50. The number of fused-ring (bicyclic) bond motifs is 1. The number of benzene rings is 2. The van der Waals surface area contributed by atoms with Gasteiger partial charge in [0.15, 0.2) is 0 Å². The lowest BCUT2D eigenvalue weighted by Gasteiger charge is -2.27. The molecule has 1 aliphatic rings. The van der Waals surface area contributed by atoms with Gasteiger partial charge in [-0.05, 0) is 41.8 Å². The highest BCUT2D eigenvalue weighted by Gasteiger charge is 2.42. The number of hydrogen-bond donors (Lipinski definition) is 3. The van der Waals surface area contributed by atoms with Crippen LogP contribution in [0.15, 0.2) is 54.7 Å². The van der Waals surface area contributed by atoms with Gasteiger partial charge in [0.1, 0.15) is 6.04 Å². The summed E-state index contributed by atoms with van der Waals surface area (Å²) in [6.07, 6.45) is 2.78. The molecule has 4 rings (SSSR count). The van der Waals surface area contributed by atoms with E-state index in [9.17, 15) is 9.59 Å². The van der Waals surface area contributed by atoms with Gasteiger partial charge in [-0.1, -0.05) is 43.3 Å². The molecule has 2 heterocycles. The van der Waals surface area contributed by atoms with Crippen molar-refractivity contribution in [1.29, 1.82) is 0 Å². The molecule has 3 aromatic rings. The van der Waals surface area contributed by atoms with Crippen molar-refractivity contribution in [2.24, 2.45) is 5.73 Å². The van der Waals surface area contributed by atoms with Crippen molar-refractivity contribution in [1.82, 2.24) is 15.2 Å². The predicted octanol–water partition coefficient (Wildman–Crippen LogP) is 2.89. The molecule has 1 aliphatic heterocycles. The quantitative estimate of drug-likeness (QED) is 0.578. The first-order valence-electron chi connectivity index (χ1n) is 9.54. The van der Waals surface area contributed by atoms with Crippen LogP contribution in [0.2, 0.25) is 0 Å². The third-order valence-electron chi connectivity index (χ3n) is 5.50. The Morgan fingerprint density at radius 3 is 2.68 bits per heavy atom. The van der Waals surface area contributed by atoms with Gasteiger partial charge < -0.3 is 15.6 Å². The first kappa shape index (κ1) is 18.3. The minimum atomic E-state index is -0.540. The van der Waals surface area contributed by atoms with Crippen LogP contribution in [0.1, 0.15) is 29.5 Å². The Balaban J connectivity index is 1.65.